The van der Waals surface area contributed by atoms with Crippen LogP contribution in [0.25, 0.3) is 0 Å². The highest BCUT2D eigenvalue weighted by Crippen LogP contribution is 2.29. The first-order valence-electron chi connectivity index (χ1n) is 5.01. The van der Waals surface area contributed by atoms with Gasteiger partial charge in [-0.15, -0.1) is 0 Å². The van der Waals surface area contributed by atoms with Crippen LogP contribution in [0.3, 0.4) is 0 Å². The van der Waals surface area contributed by atoms with E-state index in [9.17, 15) is 13.2 Å². The molecule has 100 valence electrons. The van der Waals surface area contributed by atoms with E-state index in [2.05, 4.69) is 10.3 Å². The van der Waals surface area contributed by atoms with Crippen molar-refractivity contribution in [2.75, 3.05) is 17.6 Å². The van der Waals surface area contributed by atoms with Gasteiger partial charge in [0.05, 0.1) is 5.56 Å². The minimum Gasteiger partial charge on any atom is -0.389 e. The summed E-state index contributed by atoms with van der Waals surface area (Å²) in [6, 6.07) is 1.74. The number of alkyl halides is 3. The molecule has 0 unspecified atom stereocenters. The summed E-state index contributed by atoms with van der Waals surface area (Å²) in [6.45, 7) is 1.95. The Morgan fingerprint density at radius 3 is 2.78 bits per heavy atom. The molecule has 1 rings (SSSR count). The Morgan fingerprint density at radius 2 is 2.22 bits per heavy atom. The lowest BCUT2D eigenvalue weighted by Gasteiger charge is -2.12. The number of anilines is 1. The molecule has 3 N–H and O–H groups in total. The third kappa shape index (κ3) is 4.69. The van der Waals surface area contributed by atoms with Gasteiger partial charge < -0.3 is 11.1 Å². The van der Waals surface area contributed by atoms with E-state index >= 15 is 0 Å². The van der Waals surface area contributed by atoms with Crippen molar-refractivity contribution in [3.8, 4) is 0 Å². The van der Waals surface area contributed by atoms with E-state index in [4.69, 9.17) is 18.0 Å². The Labute approximate surface area is 112 Å². The highest BCUT2D eigenvalue weighted by atomic mass is 32.2. The topological polar surface area (TPSA) is 50.9 Å². The van der Waals surface area contributed by atoms with E-state index in [-0.39, 0.29) is 29.0 Å². The maximum Gasteiger partial charge on any atom is 0.441 e. The van der Waals surface area contributed by atoms with Gasteiger partial charge in [0.2, 0.25) is 0 Å². The normalized spacial score (nSPS) is 11.3. The number of nitrogens with zero attached hydrogens (tertiary/aromatic N) is 1. The van der Waals surface area contributed by atoms with E-state index in [0.29, 0.717) is 11.4 Å². The Balaban J connectivity index is 2.63. The molecule has 0 saturated carbocycles. The third-order valence-corrected chi connectivity index (χ3v) is 3.01. The molecule has 18 heavy (non-hydrogen) atoms. The molecule has 0 aliphatic carbocycles. The lowest BCUT2D eigenvalue weighted by Crippen LogP contribution is -2.17. The van der Waals surface area contributed by atoms with Crippen LogP contribution in [0.5, 0.6) is 0 Å². The van der Waals surface area contributed by atoms with Gasteiger partial charge in [0.15, 0.2) is 0 Å². The number of aromatic nitrogens is 1. The number of aryl methyl sites for hydroxylation is 1. The molecule has 1 heterocycles. The summed E-state index contributed by atoms with van der Waals surface area (Å²) in [7, 11) is 0. The van der Waals surface area contributed by atoms with Gasteiger partial charge in [-0.05, 0) is 30.3 Å². The first-order valence-corrected chi connectivity index (χ1v) is 6.40. The molecule has 0 aliphatic heterocycles. The molecule has 0 atom stereocenters. The highest BCUT2D eigenvalue weighted by molar-refractivity contribution is 8.00. The largest absolute Gasteiger partial charge is 0.441 e. The van der Waals surface area contributed by atoms with Gasteiger partial charge in [0.25, 0.3) is 0 Å². The van der Waals surface area contributed by atoms with Gasteiger partial charge in [-0.2, -0.15) is 13.2 Å². The molecule has 0 fully saturated rings. The summed E-state index contributed by atoms with van der Waals surface area (Å²) in [6.07, 6.45) is 1.55. The fraction of sp³-hybridized carbons (Fsp3) is 0.400. The summed E-state index contributed by atoms with van der Waals surface area (Å²) in [5.41, 5.74) is 2.75. The van der Waals surface area contributed by atoms with Gasteiger partial charge in [-0.25, -0.2) is 4.98 Å². The molecule has 1 aromatic rings. The van der Waals surface area contributed by atoms with Crippen LogP contribution >= 0.6 is 24.0 Å². The summed E-state index contributed by atoms with van der Waals surface area (Å²) >= 11 is 4.80. The standard InChI is InChI=1S/C10H12F3N3S2/c1-6-2-3-15-9(7(6)8(14)17)16-4-5-18-10(11,12)13/h2-3H,4-5H2,1H3,(H2,14,17)(H,15,16). The predicted octanol–water partition coefficient (Wildman–Crippen LogP) is 2.69. The summed E-state index contributed by atoms with van der Waals surface area (Å²) in [5.74, 6) is 0.320. The van der Waals surface area contributed by atoms with E-state index < -0.39 is 5.51 Å². The quantitative estimate of drug-likeness (QED) is 0.646. The lowest BCUT2D eigenvalue weighted by atomic mass is 10.1. The molecule has 3 nitrogen and oxygen atoms in total. The number of nitrogens with one attached hydrogen (secondary N) is 1. The van der Waals surface area contributed by atoms with Crippen molar-refractivity contribution in [1.29, 1.82) is 0 Å². The molecule has 0 radical (unpaired) electrons. The number of thioether (sulfide) groups is 1. The second-order valence-corrected chi connectivity index (χ2v) is 5.04. The zero-order valence-electron chi connectivity index (χ0n) is 9.54. The van der Waals surface area contributed by atoms with Crippen LogP contribution in [0.2, 0.25) is 0 Å². The van der Waals surface area contributed by atoms with Crippen LogP contribution in [0.1, 0.15) is 11.1 Å². The molecule has 0 aromatic carbocycles. The van der Waals surface area contributed by atoms with E-state index in [0.717, 1.165) is 5.56 Å². The van der Waals surface area contributed by atoms with Crippen LogP contribution < -0.4 is 11.1 Å². The second kappa shape index (κ2) is 6.24. The van der Waals surface area contributed by atoms with Crippen molar-refractivity contribution in [3.63, 3.8) is 0 Å². The van der Waals surface area contributed by atoms with Gasteiger partial charge >= 0.3 is 5.51 Å². The molecule has 0 bridgehead atoms. The Bertz CT molecular complexity index is 435. The van der Waals surface area contributed by atoms with E-state index in [1.165, 1.54) is 0 Å². The minimum atomic E-state index is -4.21. The lowest BCUT2D eigenvalue weighted by molar-refractivity contribution is -0.0327. The maximum atomic E-state index is 11.9. The minimum absolute atomic E-state index is 0.0831. The molecule has 1 aromatic heterocycles. The number of rotatable bonds is 5. The highest BCUT2D eigenvalue weighted by Gasteiger charge is 2.27. The van der Waals surface area contributed by atoms with Crippen molar-refractivity contribution < 1.29 is 13.2 Å². The van der Waals surface area contributed by atoms with Crippen molar-refractivity contribution in [3.05, 3.63) is 23.4 Å². The number of halogens is 3. The van der Waals surface area contributed by atoms with Crippen molar-refractivity contribution in [2.24, 2.45) is 5.73 Å². The van der Waals surface area contributed by atoms with Crippen molar-refractivity contribution in [2.45, 2.75) is 12.4 Å². The Morgan fingerprint density at radius 1 is 1.56 bits per heavy atom. The number of hydrogen-bond donors (Lipinski definition) is 2. The molecule has 0 amide bonds. The number of pyridine rings is 1. The number of thiocarbonyl (C=S) groups is 1. The molecule has 0 saturated heterocycles. The zero-order valence-corrected chi connectivity index (χ0v) is 11.2. The van der Waals surface area contributed by atoms with Crippen LogP contribution in [0.15, 0.2) is 12.3 Å². The third-order valence-electron chi connectivity index (χ3n) is 2.07. The van der Waals surface area contributed by atoms with Gasteiger partial charge in [-0.3, -0.25) is 0 Å². The SMILES string of the molecule is Cc1ccnc(NCCSC(F)(F)F)c1C(N)=S. The predicted molar refractivity (Wildman–Crippen MR) is 71.9 cm³/mol. The zero-order chi connectivity index (χ0) is 13.8. The molecular formula is C10H12F3N3S2. The average Bonchev–Trinajstić information content (AvgIpc) is 2.22. The van der Waals surface area contributed by atoms with Gasteiger partial charge in [0.1, 0.15) is 10.8 Å². The summed E-state index contributed by atoms with van der Waals surface area (Å²) < 4.78 is 35.8. The van der Waals surface area contributed by atoms with Gasteiger partial charge in [-0.1, -0.05) is 12.2 Å². The second-order valence-electron chi connectivity index (χ2n) is 3.44. The van der Waals surface area contributed by atoms with E-state index in [1.807, 2.05) is 6.92 Å². The van der Waals surface area contributed by atoms with Crippen LogP contribution in [0, 0.1) is 6.92 Å². The summed E-state index contributed by atoms with van der Waals surface area (Å²) in [5, 5.41) is 2.81. The maximum absolute atomic E-state index is 11.9. The first kappa shape index (κ1) is 15.0. The molecular weight excluding hydrogens is 283 g/mol. The van der Waals surface area contributed by atoms with Crippen LogP contribution in [0.4, 0.5) is 19.0 Å². The number of hydrogen-bond acceptors (Lipinski definition) is 4. The fourth-order valence-corrected chi connectivity index (χ4v) is 2.03. The fourth-order valence-electron chi connectivity index (χ4n) is 1.34. The number of nitrogens with two attached hydrogens (primary N) is 1. The monoisotopic (exact) mass is 295 g/mol. The van der Waals surface area contributed by atoms with Crippen LogP contribution in [-0.4, -0.2) is 27.8 Å². The Kier molecular flexibility index (Phi) is 5.21. The molecule has 0 spiro atoms. The van der Waals surface area contributed by atoms with E-state index in [1.54, 1.807) is 12.3 Å². The first-order chi connectivity index (χ1) is 8.31. The van der Waals surface area contributed by atoms with Crippen molar-refractivity contribution in [1.82, 2.24) is 4.98 Å². The van der Waals surface area contributed by atoms with Gasteiger partial charge in [0, 0.05) is 18.5 Å². The molecule has 0 aliphatic rings. The van der Waals surface area contributed by atoms with Crippen molar-refractivity contribution >= 4 is 34.8 Å². The smallest absolute Gasteiger partial charge is 0.389 e. The summed E-state index contributed by atoms with van der Waals surface area (Å²) in [4.78, 5) is 4.20. The van der Waals surface area contributed by atoms with Crippen LogP contribution in [-0.2, 0) is 0 Å². The average molecular weight is 295 g/mol. The molecule has 8 heteroatoms. The Hall–Kier alpha value is -1.02.